The summed E-state index contributed by atoms with van der Waals surface area (Å²) in [5.74, 6) is 0. The lowest BCUT2D eigenvalue weighted by atomic mass is 10.1. The Kier molecular flexibility index (Phi) is 5.58. The van der Waals surface area contributed by atoms with E-state index in [0.717, 1.165) is 18.4 Å². The zero-order valence-electron chi connectivity index (χ0n) is 11.1. The van der Waals surface area contributed by atoms with Gasteiger partial charge < -0.3 is 10.1 Å². The van der Waals surface area contributed by atoms with Gasteiger partial charge in [0.05, 0.1) is 17.6 Å². The minimum Gasteiger partial charge on any atom is -0.383 e. The molecule has 1 rings (SSSR count). The minimum absolute atomic E-state index is 0.0849. The normalized spacial score (nSPS) is 12.2. The van der Waals surface area contributed by atoms with E-state index in [1.165, 1.54) is 0 Å². The van der Waals surface area contributed by atoms with Gasteiger partial charge in [-0.05, 0) is 25.0 Å². The Morgan fingerprint density at radius 3 is 2.78 bits per heavy atom. The van der Waals surface area contributed by atoms with Gasteiger partial charge in [-0.25, -0.2) is 0 Å². The van der Waals surface area contributed by atoms with Gasteiger partial charge in [0.1, 0.15) is 5.69 Å². The molecule has 1 aromatic carbocycles. The van der Waals surface area contributed by atoms with Crippen LogP contribution in [0.4, 0.5) is 11.4 Å². The highest BCUT2D eigenvalue weighted by atomic mass is 16.6. The van der Waals surface area contributed by atoms with Crippen LogP contribution in [0.1, 0.15) is 32.3 Å². The average Bonchev–Trinajstić information content (AvgIpc) is 2.36. The van der Waals surface area contributed by atoms with Gasteiger partial charge in [0.15, 0.2) is 0 Å². The summed E-state index contributed by atoms with van der Waals surface area (Å²) in [4.78, 5) is 10.5. The standard InChI is InChI=1S/C13H20N2O3/c1-4-5-10(2)18-9-11-6-7-12(14-3)13(8-11)15(16)17/h6-8,10,14H,4-5,9H2,1-3H3. The summed E-state index contributed by atoms with van der Waals surface area (Å²) >= 11 is 0. The van der Waals surface area contributed by atoms with Crippen LogP contribution in [0.15, 0.2) is 18.2 Å². The number of anilines is 1. The van der Waals surface area contributed by atoms with E-state index in [4.69, 9.17) is 4.74 Å². The second-order valence-electron chi connectivity index (χ2n) is 4.27. The Morgan fingerprint density at radius 2 is 2.22 bits per heavy atom. The number of hydrogen-bond acceptors (Lipinski definition) is 4. The highest BCUT2D eigenvalue weighted by Crippen LogP contribution is 2.25. The Labute approximate surface area is 107 Å². The molecular weight excluding hydrogens is 232 g/mol. The molecule has 5 heteroatoms. The molecule has 1 N–H and O–H groups in total. The number of benzene rings is 1. The summed E-state index contributed by atoms with van der Waals surface area (Å²) in [7, 11) is 1.67. The minimum atomic E-state index is -0.384. The first-order valence-corrected chi connectivity index (χ1v) is 6.15. The van der Waals surface area contributed by atoms with Crippen molar-refractivity contribution in [3.8, 4) is 0 Å². The van der Waals surface area contributed by atoms with E-state index in [0.29, 0.717) is 12.3 Å². The molecule has 0 bridgehead atoms. The van der Waals surface area contributed by atoms with Crippen LogP contribution >= 0.6 is 0 Å². The van der Waals surface area contributed by atoms with E-state index in [9.17, 15) is 10.1 Å². The summed E-state index contributed by atoms with van der Waals surface area (Å²) in [6.07, 6.45) is 2.24. The van der Waals surface area contributed by atoms with Crippen LogP contribution in [0.3, 0.4) is 0 Å². The largest absolute Gasteiger partial charge is 0.383 e. The molecule has 100 valence electrons. The van der Waals surface area contributed by atoms with Gasteiger partial charge in [0.25, 0.3) is 5.69 Å². The van der Waals surface area contributed by atoms with Gasteiger partial charge in [0, 0.05) is 13.1 Å². The van der Waals surface area contributed by atoms with Crippen molar-refractivity contribution in [3.05, 3.63) is 33.9 Å². The molecule has 0 aromatic heterocycles. The van der Waals surface area contributed by atoms with Gasteiger partial charge in [-0.3, -0.25) is 10.1 Å². The van der Waals surface area contributed by atoms with Crippen LogP contribution in [0.5, 0.6) is 0 Å². The lowest BCUT2D eigenvalue weighted by Crippen LogP contribution is -2.07. The number of nitro benzene ring substituents is 1. The van der Waals surface area contributed by atoms with Crippen LogP contribution in [0.2, 0.25) is 0 Å². The summed E-state index contributed by atoms with van der Waals surface area (Å²) in [6.45, 7) is 4.53. The van der Waals surface area contributed by atoms with Crippen molar-refractivity contribution in [2.24, 2.45) is 0 Å². The molecule has 0 aliphatic rings. The third-order valence-corrected chi connectivity index (χ3v) is 2.76. The molecule has 0 spiro atoms. The molecule has 0 radical (unpaired) electrons. The highest BCUT2D eigenvalue weighted by molar-refractivity contribution is 5.62. The van der Waals surface area contributed by atoms with Gasteiger partial charge >= 0.3 is 0 Å². The third-order valence-electron chi connectivity index (χ3n) is 2.76. The number of nitrogens with one attached hydrogen (secondary N) is 1. The first-order valence-electron chi connectivity index (χ1n) is 6.15. The van der Waals surface area contributed by atoms with E-state index in [2.05, 4.69) is 12.2 Å². The number of nitro groups is 1. The van der Waals surface area contributed by atoms with Crippen molar-refractivity contribution in [1.29, 1.82) is 0 Å². The van der Waals surface area contributed by atoms with E-state index >= 15 is 0 Å². The van der Waals surface area contributed by atoms with Crippen LogP contribution < -0.4 is 5.32 Å². The monoisotopic (exact) mass is 252 g/mol. The van der Waals surface area contributed by atoms with Crippen LogP contribution in [-0.2, 0) is 11.3 Å². The van der Waals surface area contributed by atoms with Gasteiger partial charge in [0.2, 0.25) is 0 Å². The van der Waals surface area contributed by atoms with Crippen molar-refractivity contribution < 1.29 is 9.66 Å². The second kappa shape index (κ2) is 6.96. The zero-order valence-corrected chi connectivity index (χ0v) is 11.1. The molecule has 1 atom stereocenters. The molecule has 0 amide bonds. The molecule has 0 saturated heterocycles. The molecular formula is C13H20N2O3. The Bertz CT molecular complexity index is 407. The van der Waals surface area contributed by atoms with E-state index in [-0.39, 0.29) is 16.7 Å². The fraction of sp³-hybridized carbons (Fsp3) is 0.538. The summed E-state index contributed by atoms with van der Waals surface area (Å²) in [5.41, 5.74) is 1.43. The maximum Gasteiger partial charge on any atom is 0.292 e. The maximum atomic E-state index is 10.9. The smallest absolute Gasteiger partial charge is 0.292 e. The van der Waals surface area contributed by atoms with Crippen molar-refractivity contribution >= 4 is 11.4 Å². The number of hydrogen-bond donors (Lipinski definition) is 1. The van der Waals surface area contributed by atoms with Crippen molar-refractivity contribution in [3.63, 3.8) is 0 Å². The maximum absolute atomic E-state index is 10.9. The van der Waals surface area contributed by atoms with Gasteiger partial charge in [-0.1, -0.05) is 19.4 Å². The summed E-state index contributed by atoms with van der Waals surface area (Å²) in [6, 6.07) is 5.11. The van der Waals surface area contributed by atoms with E-state index in [1.807, 2.05) is 13.0 Å². The lowest BCUT2D eigenvalue weighted by molar-refractivity contribution is -0.384. The molecule has 1 unspecified atom stereocenters. The van der Waals surface area contributed by atoms with Crippen molar-refractivity contribution in [1.82, 2.24) is 0 Å². The van der Waals surface area contributed by atoms with Gasteiger partial charge in [-0.2, -0.15) is 0 Å². The molecule has 0 heterocycles. The number of nitrogens with zero attached hydrogens (tertiary/aromatic N) is 1. The summed E-state index contributed by atoms with van der Waals surface area (Å²) < 4.78 is 5.63. The Balaban J connectivity index is 2.73. The lowest BCUT2D eigenvalue weighted by Gasteiger charge is -2.12. The van der Waals surface area contributed by atoms with Crippen molar-refractivity contribution in [2.45, 2.75) is 39.4 Å². The highest BCUT2D eigenvalue weighted by Gasteiger charge is 2.13. The van der Waals surface area contributed by atoms with Gasteiger partial charge in [-0.15, -0.1) is 0 Å². The predicted octanol–water partition coefficient (Wildman–Crippen LogP) is 3.34. The quantitative estimate of drug-likeness (QED) is 0.597. The van der Waals surface area contributed by atoms with Crippen LogP contribution in [-0.4, -0.2) is 18.1 Å². The number of rotatable bonds is 7. The molecule has 0 aliphatic heterocycles. The number of ether oxygens (including phenoxy) is 1. The molecule has 5 nitrogen and oxygen atoms in total. The molecule has 0 saturated carbocycles. The zero-order chi connectivity index (χ0) is 13.5. The average molecular weight is 252 g/mol. The molecule has 0 fully saturated rings. The van der Waals surface area contributed by atoms with Crippen LogP contribution in [0, 0.1) is 10.1 Å². The SMILES string of the molecule is CCCC(C)OCc1ccc(NC)c([N+](=O)[O-])c1. The third kappa shape index (κ3) is 4.00. The first kappa shape index (κ1) is 14.4. The fourth-order valence-electron chi connectivity index (χ4n) is 1.76. The summed E-state index contributed by atoms with van der Waals surface area (Å²) in [5, 5.41) is 13.7. The van der Waals surface area contributed by atoms with Crippen molar-refractivity contribution in [2.75, 3.05) is 12.4 Å². The van der Waals surface area contributed by atoms with E-state index < -0.39 is 0 Å². The van der Waals surface area contributed by atoms with E-state index in [1.54, 1.807) is 19.2 Å². The Hall–Kier alpha value is -1.62. The second-order valence-corrected chi connectivity index (χ2v) is 4.27. The first-order chi connectivity index (χ1) is 8.58. The topological polar surface area (TPSA) is 64.4 Å². The molecule has 18 heavy (non-hydrogen) atoms. The predicted molar refractivity (Wildman–Crippen MR) is 71.8 cm³/mol. The Morgan fingerprint density at radius 1 is 1.50 bits per heavy atom. The van der Waals surface area contributed by atoms with Crippen LogP contribution in [0.25, 0.3) is 0 Å². The fourth-order valence-corrected chi connectivity index (χ4v) is 1.76. The molecule has 1 aromatic rings. The molecule has 0 aliphatic carbocycles.